The molecule has 44 valence electrons. The molecule has 0 unspecified atom stereocenters. The van der Waals surface area contributed by atoms with Gasteiger partial charge >= 0.3 is 5.97 Å². The summed E-state index contributed by atoms with van der Waals surface area (Å²) in [7, 11) is 0. The molecule has 0 saturated carbocycles. The number of hydrogen-bond donors (Lipinski definition) is 1. The molecule has 0 rings (SSSR count). The Hall–Kier alpha value is -1.05. The van der Waals surface area contributed by atoms with E-state index in [0.717, 1.165) is 0 Å². The van der Waals surface area contributed by atoms with Crippen LogP contribution in [0.2, 0.25) is 0 Å². The predicted molar refractivity (Wildman–Crippen MR) is 31.6 cm³/mol. The second-order valence-corrected chi connectivity index (χ2v) is 1.56. The van der Waals surface area contributed by atoms with Gasteiger partial charge in [-0.15, -0.1) is 0 Å². The van der Waals surface area contributed by atoms with Crippen molar-refractivity contribution in [2.75, 3.05) is 0 Å². The Morgan fingerprint density at radius 2 is 1.88 bits per heavy atom. The van der Waals surface area contributed by atoms with Crippen LogP contribution >= 0.6 is 0 Å². The van der Waals surface area contributed by atoms with E-state index in [9.17, 15) is 4.79 Å². The van der Waals surface area contributed by atoms with Crippen molar-refractivity contribution in [2.24, 2.45) is 0 Å². The van der Waals surface area contributed by atoms with Gasteiger partial charge in [0, 0.05) is 0 Å². The number of rotatable bonds is 2. The topological polar surface area (TPSA) is 37.3 Å². The van der Waals surface area contributed by atoms with Crippen molar-refractivity contribution in [3.05, 3.63) is 24.3 Å². The molecule has 1 N–H and O–H groups in total. The average Bonchev–Trinajstić information content (AvgIpc) is 1.64. The van der Waals surface area contributed by atoms with E-state index in [1.54, 1.807) is 6.92 Å². The van der Waals surface area contributed by atoms with Gasteiger partial charge in [0.2, 0.25) is 0 Å². The van der Waals surface area contributed by atoms with Gasteiger partial charge in [0.05, 0.1) is 5.57 Å². The minimum absolute atomic E-state index is 0.0741. The average molecular weight is 112 g/mol. The first-order valence-electron chi connectivity index (χ1n) is 2.13. The van der Waals surface area contributed by atoms with Gasteiger partial charge in [-0.1, -0.05) is 13.2 Å². The Kier molecular flexibility index (Phi) is 2.00. The highest BCUT2D eigenvalue weighted by Crippen LogP contribution is 2.01. The van der Waals surface area contributed by atoms with Gasteiger partial charge in [0.25, 0.3) is 0 Å². The summed E-state index contributed by atoms with van der Waals surface area (Å²) in [4.78, 5) is 9.98. The molecule has 0 bridgehead atoms. The second-order valence-electron chi connectivity index (χ2n) is 1.56. The summed E-state index contributed by atoms with van der Waals surface area (Å²) in [5.41, 5.74) is 0.572. The van der Waals surface area contributed by atoms with E-state index in [0.29, 0.717) is 5.57 Å². The largest absolute Gasteiger partial charge is 0.478 e. The molecule has 8 heavy (non-hydrogen) atoms. The Morgan fingerprint density at radius 1 is 1.50 bits per heavy atom. The van der Waals surface area contributed by atoms with Crippen LogP contribution < -0.4 is 0 Å². The summed E-state index contributed by atoms with van der Waals surface area (Å²) in [5.74, 6) is -1.00. The van der Waals surface area contributed by atoms with E-state index in [1.807, 2.05) is 0 Å². The lowest BCUT2D eigenvalue weighted by atomic mass is 10.2. The van der Waals surface area contributed by atoms with Gasteiger partial charge in [0.15, 0.2) is 0 Å². The van der Waals surface area contributed by atoms with Gasteiger partial charge in [-0.2, -0.15) is 0 Å². The first kappa shape index (κ1) is 6.95. The third kappa shape index (κ3) is 1.60. The molecule has 0 aliphatic carbocycles. The monoisotopic (exact) mass is 112 g/mol. The van der Waals surface area contributed by atoms with Crippen LogP contribution in [0.15, 0.2) is 24.3 Å². The van der Waals surface area contributed by atoms with E-state index in [2.05, 4.69) is 13.2 Å². The predicted octanol–water partition coefficient (Wildman–Crippen LogP) is 1.20. The van der Waals surface area contributed by atoms with E-state index in [-0.39, 0.29) is 5.57 Å². The van der Waals surface area contributed by atoms with Gasteiger partial charge < -0.3 is 5.11 Å². The molecule has 0 fully saturated rings. The molecule has 0 aromatic heterocycles. The normalized spacial score (nSPS) is 8.12. The first-order valence-corrected chi connectivity index (χ1v) is 2.13. The minimum Gasteiger partial charge on any atom is -0.478 e. The second kappa shape index (κ2) is 2.31. The van der Waals surface area contributed by atoms with Crippen molar-refractivity contribution in [1.29, 1.82) is 0 Å². The summed E-state index contributed by atoms with van der Waals surface area (Å²) in [6.07, 6.45) is 0. The number of hydrogen-bond acceptors (Lipinski definition) is 1. The van der Waals surface area contributed by atoms with E-state index >= 15 is 0 Å². The van der Waals surface area contributed by atoms with Crippen LogP contribution in [-0.4, -0.2) is 11.1 Å². The molecule has 2 nitrogen and oxygen atoms in total. The molecule has 0 radical (unpaired) electrons. The maximum atomic E-state index is 9.98. The molecule has 0 aliphatic rings. The Labute approximate surface area is 48.1 Å². The summed E-state index contributed by atoms with van der Waals surface area (Å²) in [6.45, 7) is 8.26. The zero-order valence-electron chi connectivity index (χ0n) is 4.77. The Bertz CT molecular complexity index is 129. The molecule has 0 aromatic rings. The Morgan fingerprint density at radius 3 is 1.88 bits per heavy atom. The maximum absolute atomic E-state index is 9.98. The SMILES string of the molecule is C=C(C)C(=C)C(=O)O. The van der Waals surface area contributed by atoms with Crippen molar-refractivity contribution < 1.29 is 9.90 Å². The van der Waals surface area contributed by atoms with Gasteiger partial charge in [-0.3, -0.25) is 0 Å². The van der Waals surface area contributed by atoms with Gasteiger partial charge in [-0.05, 0) is 12.5 Å². The standard InChI is InChI=1S/C6H8O2/c1-4(2)5(3)6(7)8/h1,3H2,2H3,(H,7,8). The highest BCUT2D eigenvalue weighted by Gasteiger charge is 2.01. The molecule has 0 spiro atoms. The van der Waals surface area contributed by atoms with Crippen molar-refractivity contribution in [2.45, 2.75) is 6.92 Å². The molecule has 0 atom stereocenters. The highest BCUT2D eigenvalue weighted by atomic mass is 16.4. The van der Waals surface area contributed by atoms with Crippen molar-refractivity contribution >= 4 is 5.97 Å². The number of carbonyl (C=O) groups is 1. The van der Waals surface area contributed by atoms with Crippen LogP contribution in [0.3, 0.4) is 0 Å². The summed E-state index contributed by atoms with van der Waals surface area (Å²) in [5, 5.41) is 8.19. The zero-order valence-corrected chi connectivity index (χ0v) is 4.77. The fourth-order valence-electron chi connectivity index (χ4n) is 0.183. The summed E-state index contributed by atoms with van der Waals surface area (Å²) in [6, 6.07) is 0. The van der Waals surface area contributed by atoms with Gasteiger partial charge in [0.1, 0.15) is 0 Å². The fourth-order valence-corrected chi connectivity index (χ4v) is 0.183. The van der Waals surface area contributed by atoms with Crippen molar-refractivity contribution in [3.8, 4) is 0 Å². The van der Waals surface area contributed by atoms with E-state index in [1.165, 1.54) is 0 Å². The summed E-state index contributed by atoms with van der Waals surface area (Å²) >= 11 is 0. The lowest BCUT2D eigenvalue weighted by Gasteiger charge is -1.93. The van der Waals surface area contributed by atoms with E-state index < -0.39 is 5.97 Å². The minimum atomic E-state index is -1.00. The molecule has 0 heterocycles. The molecular formula is C6H8O2. The number of carboxylic acids is 1. The van der Waals surface area contributed by atoms with Crippen LogP contribution in [0.25, 0.3) is 0 Å². The van der Waals surface area contributed by atoms with Crippen LogP contribution in [0, 0.1) is 0 Å². The van der Waals surface area contributed by atoms with Crippen molar-refractivity contribution in [3.63, 3.8) is 0 Å². The number of aliphatic carboxylic acids is 1. The summed E-state index contributed by atoms with van der Waals surface area (Å²) < 4.78 is 0. The molecule has 0 aliphatic heterocycles. The maximum Gasteiger partial charge on any atom is 0.335 e. The van der Waals surface area contributed by atoms with Crippen molar-refractivity contribution in [1.82, 2.24) is 0 Å². The molecule has 0 amide bonds. The van der Waals surface area contributed by atoms with Crippen LogP contribution in [0.4, 0.5) is 0 Å². The zero-order chi connectivity index (χ0) is 6.73. The first-order chi connectivity index (χ1) is 3.55. The third-order valence-corrected chi connectivity index (χ3v) is 0.773. The lowest BCUT2D eigenvalue weighted by molar-refractivity contribution is -0.132. The van der Waals surface area contributed by atoms with Crippen LogP contribution in [0.5, 0.6) is 0 Å². The van der Waals surface area contributed by atoms with Crippen LogP contribution in [-0.2, 0) is 4.79 Å². The quantitative estimate of drug-likeness (QED) is 0.430. The van der Waals surface area contributed by atoms with E-state index in [4.69, 9.17) is 5.11 Å². The highest BCUT2D eigenvalue weighted by molar-refractivity contribution is 5.90. The molecule has 0 aromatic carbocycles. The molecular weight excluding hydrogens is 104 g/mol. The third-order valence-electron chi connectivity index (χ3n) is 0.773. The van der Waals surface area contributed by atoms with Gasteiger partial charge in [-0.25, -0.2) is 4.79 Å². The Balaban J connectivity index is 4.05. The lowest BCUT2D eigenvalue weighted by Crippen LogP contribution is -1.98. The fraction of sp³-hybridized carbons (Fsp3) is 0.167. The number of carboxylic acid groups (broad SMARTS) is 1. The smallest absolute Gasteiger partial charge is 0.335 e. The van der Waals surface area contributed by atoms with Crippen LogP contribution in [0.1, 0.15) is 6.92 Å². The molecule has 2 heteroatoms. The molecule has 0 saturated heterocycles.